The van der Waals surface area contributed by atoms with Crippen molar-refractivity contribution in [3.8, 4) is 28.7 Å². The van der Waals surface area contributed by atoms with Crippen molar-refractivity contribution in [2.24, 2.45) is 5.92 Å². The molecular formula is C30H26FNO4. The molecule has 0 spiro atoms. The Hall–Kier alpha value is -4.37. The molecule has 36 heavy (non-hydrogen) atoms. The van der Waals surface area contributed by atoms with E-state index in [-0.39, 0.29) is 5.39 Å². The molecule has 0 unspecified atom stereocenters. The predicted octanol–water partition coefficient (Wildman–Crippen LogP) is 7.07. The summed E-state index contributed by atoms with van der Waals surface area (Å²) in [5.41, 5.74) is 1.97. The van der Waals surface area contributed by atoms with E-state index in [9.17, 15) is 14.4 Å². The van der Waals surface area contributed by atoms with Crippen molar-refractivity contribution in [3.63, 3.8) is 0 Å². The molecule has 3 aromatic carbocycles. The fourth-order valence-electron chi connectivity index (χ4n) is 3.91. The van der Waals surface area contributed by atoms with Gasteiger partial charge in [-0.05, 0) is 60.4 Å². The lowest BCUT2D eigenvalue weighted by Crippen LogP contribution is -2.04. The molecule has 0 N–H and O–H groups in total. The lowest BCUT2D eigenvalue weighted by Gasteiger charge is -2.14. The summed E-state index contributed by atoms with van der Waals surface area (Å²) in [6, 6.07) is 18.6. The number of nitrogens with zero attached hydrogens (tertiary/aromatic N) is 1. The van der Waals surface area contributed by atoms with Crippen LogP contribution in [0.15, 0.2) is 69.9 Å². The molecule has 6 heteroatoms. The van der Waals surface area contributed by atoms with Crippen LogP contribution in [0.1, 0.15) is 37.2 Å². The van der Waals surface area contributed by atoms with Crippen LogP contribution in [0.4, 0.5) is 4.39 Å². The Morgan fingerprint density at radius 1 is 1.06 bits per heavy atom. The molecule has 0 aliphatic rings. The second-order valence-electron chi connectivity index (χ2n) is 8.75. The summed E-state index contributed by atoms with van der Waals surface area (Å²) in [4.78, 5) is 12.8. The zero-order chi connectivity index (χ0) is 25.7. The van der Waals surface area contributed by atoms with Crippen molar-refractivity contribution in [1.82, 2.24) is 0 Å². The minimum Gasteiger partial charge on any atom is -0.493 e. The zero-order valence-corrected chi connectivity index (χ0v) is 20.4. The van der Waals surface area contributed by atoms with E-state index in [0.717, 1.165) is 17.5 Å². The van der Waals surface area contributed by atoms with Crippen LogP contribution >= 0.6 is 0 Å². The summed E-state index contributed by atoms with van der Waals surface area (Å²) in [6.45, 7) is 4.79. The van der Waals surface area contributed by atoms with E-state index < -0.39 is 11.4 Å². The molecular weight excluding hydrogens is 457 g/mol. The van der Waals surface area contributed by atoms with E-state index in [1.54, 1.807) is 49.6 Å². The summed E-state index contributed by atoms with van der Waals surface area (Å²) >= 11 is 0. The minimum atomic E-state index is -0.638. The van der Waals surface area contributed by atoms with Gasteiger partial charge in [0.1, 0.15) is 11.6 Å². The van der Waals surface area contributed by atoms with Gasteiger partial charge in [0.05, 0.1) is 30.7 Å². The lowest BCUT2D eigenvalue weighted by atomic mass is 9.97. The first-order valence-electron chi connectivity index (χ1n) is 11.7. The van der Waals surface area contributed by atoms with E-state index in [1.165, 1.54) is 12.1 Å². The molecule has 0 aliphatic carbocycles. The summed E-state index contributed by atoms with van der Waals surface area (Å²) < 4.78 is 31.2. The number of rotatable bonds is 8. The average Bonchev–Trinajstić information content (AvgIpc) is 2.88. The second-order valence-corrected chi connectivity index (χ2v) is 8.75. The first-order chi connectivity index (χ1) is 17.4. The molecule has 1 heterocycles. The molecule has 182 valence electrons. The van der Waals surface area contributed by atoms with Crippen LogP contribution < -0.4 is 15.1 Å². The number of halogens is 1. The molecule has 0 amide bonds. The smallest absolute Gasteiger partial charge is 0.344 e. The van der Waals surface area contributed by atoms with Gasteiger partial charge < -0.3 is 13.9 Å². The Morgan fingerprint density at radius 2 is 1.83 bits per heavy atom. The van der Waals surface area contributed by atoms with E-state index in [0.29, 0.717) is 46.3 Å². The molecule has 0 fully saturated rings. The topological polar surface area (TPSA) is 72.5 Å². The Bertz CT molecular complexity index is 1510. The Balaban J connectivity index is 1.85. The molecule has 4 rings (SSSR count). The highest BCUT2D eigenvalue weighted by Gasteiger charge is 2.16. The maximum Gasteiger partial charge on any atom is 0.344 e. The van der Waals surface area contributed by atoms with E-state index >= 15 is 0 Å². The minimum absolute atomic E-state index is 0.144. The summed E-state index contributed by atoms with van der Waals surface area (Å²) in [7, 11) is 1.59. The number of hydrogen-bond acceptors (Lipinski definition) is 5. The predicted molar refractivity (Wildman–Crippen MR) is 139 cm³/mol. The van der Waals surface area contributed by atoms with Crippen LogP contribution in [0.5, 0.6) is 11.5 Å². The molecule has 1 aromatic heterocycles. The van der Waals surface area contributed by atoms with Crippen molar-refractivity contribution in [3.05, 3.63) is 93.8 Å². The molecule has 4 aromatic rings. The van der Waals surface area contributed by atoms with Crippen molar-refractivity contribution < 1.29 is 18.3 Å². The van der Waals surface area contributed by atoms with Crippen LogP contribution in [0.3, 0.4) is 0 Å². The number of nitriles is 1. The Labute approximate surface area is 209 Å². The third-order valence-corrected chi connectivity index (χ3v) is 5.81. The third kappa shape index (κ3) is 5.31. The lowest BCUT2D eigenvalue weighted by molar-refractivity contribution is 0.272. The molecule has 0 saturated heterocycles. The number of fused-ring (bicyclic) bond motifs is 1. The molecule has 0 saturated carbocycles. The second kappa shape index (κ2) is 10.9. The van der Waals surface area contributed by atoms with Crippen molar-refractivity contribution in [2.75, 3.05) is 13.7 Å². The molecule has 0 atom stereocenters. The fraction of sp³-hybridized carbons (Fsp3) is 0.200. The first kappa shape index (κ1) is 24.7. The van der Waals surface area contributed by atoms with E-state index in [4.69, 9.17) is 13.9 Å². The molecule has 0 radical (unpaired) electrons. The van der Waals surface area contributed by atoms with Crippen LogP contribution in [-0.2, 0) is 0 Å². The van der Waals surface area contributed by atoms with Gasteiger partial charge in [-0.2, -0.15) is 5.26 Å². The number of para-hydroxylation sites is 1. The van der Waals surface area contributed by atoms with Crippen molar-refractivity contribution >= 4 is 22.9 Å². The van der Waals surface area contributed by atoms with Crippen LogP contribution in [0.25, 0.3) is 34.1 Å². The Kier molecular flexibility index (Phi) is 7.50. The van der Waals surface area contributed by atoms with Crippen LogP contribution in [-0.4, -0.2) is 13.7 Å². The zero-order valence-electron chi connectivity index (χ0n) is 20.4. The summed E-state index contributed by atoms with van der Waals surface area (Å²) in [6.07, 6.45) is 4.38. The van der Waals surface area contributed by atoms with Crippen LogP contribution in [0, 0.1) is 23.1 Å². The van der Waals surface area contributed by atoms with E-state index in [1.807, 2.05) is 18.2 Å². The van der Waals surface area contributed by atoms with Gasteiger partial charge in [-0.25, -0.2) is 9.18 Å². The Morgan fingerprint density at radius 3 is 2.53 bits per heavy atom. The molecule has 5 nitrogen and oxygen atoms in total. The maximum atomic E-state index is 13.9. The standard InChI is InChI=1S/C30H26FNO4/c1-19(2)15-16-35-29-22(5-4-6-27(29)34-3)11-14-26-28(21-9-7-20(18-32)8-10-21)24-13-12-23(31)17-25(24)30(33)36-26/h4-14,17,19H,15-16H2,1-3H3. The van der Waals surface area contributed by atoms with Crippen LogP contribution in [0.2, 0.25) is 0 Å². The van der Waals surface area contributed by atoms with Gasteiger partial charge >= 0.3 is 5.63 Å². The highest BCUT2D eigenvalue weighted by molar-refractivity contribution is 5.99. The molecule has 0 bridgehead atoms. The number of ether oxygens (including phenoxy) is 2. The highest BCUT2D eigenvalue weighted by atomic mass is 19.1. The third-order valence-electron chi connectivity index (χ3n) is 5.81. The van der Waals surface area contributed by atoms with Gasteiger partial charge in [-0.1, -0.05) is 44.2 Å². The van der Waals surface area contributed by atoms with Gasteiger partial charge in [-0.15, -0.1) is 0 Å². The number of hydrogen-bond donors (Lipinski definition) is 0. The first-order valence-corrected chi connectivity index (χ1v) is 11.7. The number of benzene rings is 3. The van der Waals surface area contributed by atoms with Gasteiger partial charge in [0, 0.05) is 16.5 Å². The quantitative estimate of drug-likeness (QED) is 0.268. The van der Waals surface area contributed by atoms with Gasteiger partial charge in [0.25, 0.3) is 0 Å². The monoisotopic (exact) mass is 483 g/mol. The maximum absolute atomic E-state index is 13.9. The fourth-order valence-corrected chi connectivity index (χ4v) is 3.91. The largest absolute Gasteiger partial charge is 0.493 e. The van der Waals surface area contributed by atoms with Gasteiger partial charge in [0.2, 0.25) is 0 Å². The highest BCUT2D eigenvalue weighted by Crippen LogP contribution is 2.35. The average molecular weight is 484 g/mol. The molecule has 0 aliphatic heterocycles. The van der Waals surface area contributed by atoms with Crippen molar-refractivity contribution in [1.29, 1.82) is 5.26 Å². The van der Waals surface area contributed by atoms with Crippen molar-refractivity contribution in [2.45, 2.75) is 20.3 Å². The van der Waals surface area contributed by atoms with Gasteiger partial charge in [-0.3, -0.25) is 0 Å². The van der Waals surface area contributed by atoms with E-state index in [2.05, 4.69) is 19.9 Å². The number of methoxy groups -OCH3 is 1. The summed E-state index contributed by atoms with van der Waals surface area (Å²) in [5.74, 6) is 1.47. The normalized spacial score (nSPS) is 11.2. The SMILES string of the molecule is COc1cccc(C=Cc2oc(=O)c3cc(F)ccc3c2-c2ccc(C#N)cc2)c1OCCC(C)C. The van der Waals surface area contributed by atoms with Gasteiger partial charge in [0.15, 0.2) is 11.5 Å². The summed E-state index contributed by atoms with van der Waals surface area (Å²) in [5, 5.41) is 9.87.